The van der Waals surface area contributed by atoms with Crippen molar-refractivity contribution in [3.63, 3.8) is 0 Å². The second kappa shape index (κ2) is 9.13. The van der Waals surface area contributed by atoms with Gasteiger partial charge in [-0.25, -0.2) is 4.39 Å². The van der Waals surface area contributed by atoms with Gasteiger partial charge in [-0.15, -0.1) is 10.2 Å². The van der Waals surface area contributed by atoms with Crippen LogP contribution in [0.1, 0.15) is 17.0 Å². The van der Waals surface area contributed by atoms with Crippen molar-refractivity contribution in [2.45, 2.75) is 25.6 Å². The van der Waals surface area contributed by atoms with Crippen molar-refractivity contribution in [2.75, 3.05) is 5.75 Å². The topological polar surface area (TPSA) is 83.0 Å². The zero-order valence-electron chi connectivity index (χ0n) is 16.9. The fraction of sp³-hybridized carbons (Fsp3) is 0.182. The summed E-state index contributed by atoms with van der Waals surface area (Å²) in [6.45, 7) is 3.68. The Bertz CT molecular complexity index is 1170. The molecule has 0 saturated heterocycles. The normalized spacial score (nSPS) is 10.9. The van der Waals surface area contributed by atoms with E-state index in [1.54, 1.807) is 26.0 Å². The minimum absolute atomic E-state index is 0.0533. The van der Waals surface area contributed by atoms with Crippen molar-refractivity contribution in [1.29, 1.82) is 0 Å². The Hall–Kier alpha value is -3.46. The van der Waals surface area contributed by atoms with E-state index in [1.165, 1.54) is 23.9 Å². The van der Waals surface area contributed by atoms with Crippen LogP contribution in [0.2, 0.25) is 0 Å². The molecule has 31 heavy (non-hydrogen) atoms. The van der Waals surface area contributed by atoms with E-state index in [0.717, 1.165) is 11.3 Å². The zero-order chi connectivity index (χ0) is 21.8. The standard InChI is InChI=1S/C22H19FN4O3S/c1-14-19(15(2)30-26-14)12-29-20(28)13-31-22-25-24-21(16-8-10-17(23)11-9-16)27(22)18-6-4-3-5-7-18/h3-11H,12-13H2,1-2H3. The maximum Gasteiger partial charge on any atom is 0.316 e. The number of rotatable bonds is 7. The molecule has 2 aromatic heterocycles. The lowest BCUT2D eigenvalue weighted by atomic mass is 10.2. The minimum atomic E-state index is -0.393. The molecule has 0 N–H and O–H groups in total. The maximum absolute atomic E-state index is 13.4. The Morgan fingerprint density at radius 1 is 1.10 bits per heavy atom. The van der Waals surface area contributed by atoms with Gasteiger partial charge in [0.2, 0.25) is 0 Å². The van der Waals surface area contributed by atoms with Crippen LogP contribution in [0.3, 0.4) is 0 Å². The molecule has 0 amide bonds. The maximum atomic E-state index is 13.4. The van der Waals surface area contributed by atoms with Gasteiger partial charge in [0.1, 0.15) is 18.2 Å². The van der Waals surface area contributed by atoms with Crippen LogP contribution in [-0.2, 0) is 16.1 Å². The average Bonchev–Trinajstić information content (AvgIpc) is 3.35. The predicted molar refractivity (Wildman–Crippen MR) is 113 cm³/mol. The number of ether oxygens (including phenoxy) is 1. The smallest absolute Gasteiger partial charge is 0.316 e. The Balaban J connectivity index is 1.53. The van der Waals surface area contributed by atoms with Crippen LogP contribution in [0.4, 0.5) is 4.39 Å². The molecule has 4 rings (SSSR count). The summed E-state index contributed by atoms with van der Waals surface area (Å²) < 4.78 is 25.6. The summed E-state index contributed by atoms with van der Waals surface area (Å²) in [5.74, 6) is 0.516. The summed E-state index contributed by atoms with van der Waals surface area (Å²) in [6, 6.07) is 15.6. The number of para-hydroxylation sites is 1. The zero-order valence-corrected chi connectivity index (χ0v) is 17.7. The first-order valence-corrected chi connectivity index (χ1v) is 10.5. The average molecular weight is 438 g/mol. The van der Waals surface area contributed by atoms with Gasteiger partial charge in [-0.3, -0.25) is 9.36 Å². The quantitative estimate of drug-likeness (QED) is 0.310. The lowest BCUT2D eigenvalue weighted by Gasteiger charge is -2.10. The van der Waals surface area contributed by atoms with Crippen LogP contribution < -0.4 is 0 Å². The number of halogens is 1. The number of nitrogens with zero attached hydrogens (tertiary/aromatic N) is 4. The third-order valence-corrected chi connectivity index (χ3v) is 5.53. The van der Waals surface area contributed by atoms with Gasteiger partial charge in [0.05, 0.1) is 17.0 Å². The van der Waals surface area contributed by atoms with Crippen molar-refractivity contribution in [3.05, 3.63) is 77.4 Å². The van der Waals surface area contributed by atoms with Crippen molar-refractivity contribution in [3.8, 4) is 17.1 Å². The number of aromatic nitrogens is 4. The predicted octanol–water partition coefficient (Wildman–Crippen LogP) is 4.51. The highest BCUT2D eigenvalue weighted by molar-refractivity contribution is 7.99. The number of aryl methyl sites for hydroxylation is 2. The molecule has 0 aliphatic heterocycles. The Labute approximate surface area is 182 Å². The third kappa shape index (κ3) is 4.66. The van der Waals surface area contributed by atoms with Crippen LogP contribution in [0.25, 0.3) is 17.1 Å². The first kappa shape index (κ1) is 20.8. The molecule has 0 bridgehead atoms. The van der Waals surface area contributed by atoms with Crippen molar-refractivity contribution in [2.24, 2.45) is 0 Å². The van der Waals surface area contributed by atoms with Gasteiger partial charge in [-0.1, -0.05) is 35.1 Å². The van der Waals surface area contributed by atoms with E-state index in [2.05, 4.69) is 15.4 Å². The molecule has 7 nitrogen and oxygen atoms in total. The largest absolute Gasteiger partial charge is 0.460 e. The SMILES string of the molecule is Cc1noc(C)c1COC(=O)CSc1nnc(-c2ccc(F)cc2)n1-c1ccccc1. The van der Waals surface area contributed by atoms with Crippen LogP contribution in [-0.4, -0.2) is 31.6 Å². The van der Waals surface area contributed by atoms with Gasteiger partial charge in [0.15, 0.2) is 11.0 Å². The van der Waals surface area contributed by atoms with E-state index in [9.17, 15) is 9.18 Å². The molecular weight excluding hydrogens is 419 g/mol. The molecule has 0 aliphatic carbocycles. The first-order chi connectivity index (χ1) is 15.0. The van der Waals surface area contributed by atoms with E-state index in [-0.39, 0.29) is 18.2 Å². The molecule has 2 heterocycles. The lowest BCUT2D eigenvalue weighted by molar-refractivity contribution is -0.141. The molecule has 2 aromatic carbocycles. The molecular formula is C22H19FN4O3S. The number of esters is 1. The van der Waals surface area contributed by atoms with E-state index >= 15 is 0 Å². The molecule has 0 aliphatic rings. The number of carbonyl (C=O) groups is 1. The first-order valence-electron chi connectivity index (χ1n) is 9.50. The summed E-state index contributed by atoms with van der Waals surface area (Å²) in [6.07, 6.45) is 0. The highest BCUT2D eigenvalue weighted by Crippen LogP contribution is 2.28. The number of benzene rings is 2. The van der Waals surface area contributed by atoms with Crippen LogP contribution in [0.5, 0.6) is 0 Å². The number of thioether (sulfide) groups is 1. The van der Waals surface area contributed by atoms with E-state index in [1.807, 2.05) is 34.9 Å². The molecule has 0 unspecified atom stereocenters. The summed E-state index contributed by atoms with van der Waals surface area (Å²) in [4.78, 5) is 12.3. The van der Waals surface area contributed by atoms with E-state index in [0.29, 0.717) is 28.0 Å². The van der Waals surface area contributed by atoms with Gasteiger partial charge in [-0.05, 0) is 50.2 Å². The van der Waals surface area contributed by atoms with E-state index in [4.69, 9.17) is 9.26 Å². The highest BCUT2D eigenvalue weighted by Gasteiger charge is 2.18. The molecule has 0 atom stereocenters. The number of hydrogen-bond acceptors (Lipinski definition) is 7. The molecule has 0 spiro atoms. The second-order valence-corrected chi connectivity index (χ2v) is 7.68. The number of hydrogen-bond donors (Lipinski definition) is 0. The third-order valence-electron chi connectivity index (χ3n) is 4.63. The molecule has 4 aromatic rings. The van der Waals surface area contributed by atoms with Crippen LogP contribution in [0.15, 0.2) is 64.3 Å². The fourth-order valence-electron chi connectivity index (χ4n) is 2.98. The Morgan fingerprint density at radius 3 is 2.52 bits per heavy atom. The molecule has 0 saturated carbocycles. The lowest BCUT2D eigenvalue weighted by Crippen LogP contribution is -2.09. The molecule has 9 heteroatoms. The number of carbonyl (C=O) groups excluding carboxylic acids is 1. The van der Waals surface area contributed by atoms with Gasteiger partial charge in [-0.2, -0.15) is 0 Å². The van der Waals surface area contributed by atoms with Gasteiger partial charge < -0.3 is 9.26 Å². The fourth-order valence-corrected chi connectivity index (χ4v) is 3.73. The summed E-state index contributed by atoms with van der Waals surface area (Å²) in [5, 5.41) is 12.9. The molecule has 158 valence electrons. The minimum Gasteiger partial charge on any atom is -0.460 e. The monoisotopic (exact) mass is 438 g/mol. The Kier molecular flexibility index (Phi) is 6.13. The summed E-state index contributed by atoms with van der Waals surface area (Å²) >= 11 is 1.22. The van der Waals surface area contributed by atoms with Crippen molar-refractivity contribution >= 4 is 17.7 Å². The molecule has 0 fully saturated rings. The molecule has 0 radical (unpaired) electrons. The summed E-state index contributed by atoms with van der Waals surface area (Å²) in [7, 11) is 0. The van der Waals surface area contributed by atoms with Crippen molar-refractivity contribution < 1.29 is 18.4 Å². The highest BCUT2D eigenvalue weighted by atomic mass is 32.2. The van der Waals surface area contributed by atoms with Crippen LogP contribution in [0, 0.1) is 19.7 Å². The summed E-state index contributed by atoms with van der Waals surface area (Å²) in [5.41, 5.74) is 3.01. The second-order valence-electron chi connectivity index (χ2n) is 6.74. The van der Waals surface area contributed by atoms with Gasteiger partial charge in [0, 0.05) is 11.3 Å². The van der Waals surface area contributed by atoms with Crippen LogP contribution >= 0.6 is 11.8 Å². The van der Waals surface area contributed by atoms with Crippen molar-refractivity contribution in [1.82, 2.24) is 19.9 Å². The van der Waals surface area contributed by atoms with Gasteiger partial charge >= 0.3 is 5.97 Å². The van der Waals surface area contributed by atoms with Gasteiger partial charge in [0.25, 0.3) is 0 Å². The van der Waals surface area contributed by atoms with E-state index < -0.39 is 5.97 Å². The Morgan fingerprint density at radius 2 is 1.84 bits per heavy atom.